The molecule has 0 saturated heterocycles. The second-order valence-electron chi connectivity index (χ2n) is 6.22. The summed E-state index contributed by atoms with van der Waals surface area (Å²) in [4.78, 5) is 21.9. The molecule has 3 heterocycles. The lowest BCUT2D eigenvalue weighted by molar-refractivity contribution is 0.561. The Balaban J connectivity index is 2.13. The molecule has 3 aromatic rings. The molecule has 0 unspecified atom stereocenters. The molecule has 0 aliphatic heterocycles. The van der Waals surface area contributed by atoms with Gasteiger partial charge in [0, 0.05) is 28.9 Å². The summed E-state index contributed by atoms with van der Waals surface area (Å²) in [5, 5.41) is 2.10. The van der Waals surface area contributed by atoms with Gasteiger partial charge in [-0.3, -0.25) is 14.2 Å². The zero-order valence-corrected chi connectivity index (χ0v) is 14.6. The Hall–Kier alpha value is -1.98. The van der Waals surface area contributed by atoms with Crippen molar-refractivity contribution in [1.82, 2.24) is 14.4 Å². The van der Waals surface area contributed by atoms with Crippen LogP contribution in [0.25, 0.3) is 17.1 Å². The third-order valence-electron chi connectivity index (χ3n) is 3.43. The quantitative estimate of drug-likeness (QED) is 0.696. The summed E-state index contributed by atoms with van der Waals surface area (Å²) in [5.74, 6) is 0. The van der Waals surface area contributed by atoms with E-state index in [1.807, 2.05) is 23.6 Å². The van der Waals surface area contributed by atoms with Crippen molar-refractivity contribution in [2.75, 3.05) is 0 Å². The molecule has 3 rings (SSSR count). The van der Waals surface area contributed by atoms with Gasteiger partial charge in [0.05, 0.1) is 5.69 Å². The van der Waals surface area contributed by atoms with Gasteiger partial charge in [-0.2, -0.15) is 0 Å². The molecule has 0 amide bonds. The molecule has 0 saturated carbocycles. The van der Waals surface area contributed by atoms with Crippen molar-refractivity contribution in [2.45, 2.75) is 26.2 Å². The van der Waals surface area contributed by atoms with Crippen LogP contribution in [-0.4, -0.2) is 14.4 Å². The summed E-state index contributed by atoms with van der Waals surface area (Å²) < 4.78 is 1.61. The van der Waals surface area contributed by atoms with Crippen LogP contribution in [0.3, 0.4) is 0 Å². The van der Waals surface area contributed by atoms with Gasteiger partial charge in [-0.1, -0.05) is 44.5 Å². The number of aromatic nitrogens is 3. The predicted molar refractivity (Wildman–Crippen MR) is 96.2 cm³/mol. The smallest absolute Gasteiger partial charge is 0.267 e. The molecule has 0 bridgehead atoms. The molecule has 0 N–H and O–H groups in total. The number of thiazole rings is 1. The number of pyridine rings is 1. The van der Waals surface area contributed by atoms with Crippen LogP contribution in [0, 0.1) is 0 Å². The fourth-order valence-electron chi connectivity index (χ4n) is 2.22. The standard InChI is InChI=1S/C17H16ClN3OS/c1-17(2,3)13-10-23-16-20-12(14(18)15(22)21(13)16)7-6-11-5-4-8-19-9-11/h4-10H,1-3H3/b7-6+. The Labute approximate surface area is 143 Å². The molecule has 23 heavy (non-hydrogen) atoms. The molecule has 0 spiro atoms. The second kappa shape index (κ2) is 5.91. The van der Waals surface area contributed by atoms with E-state index in [1.165, 1.54) is 11.3 Å². The number of hydrogen-bond donors (Lipinski definition) is 0. The molecule has 118 valence electrons. The van der Waals surface area contributed by atoms with Gasteiger partial charge in [0.15, 0.2) is 4.96 Å². The van der Waals surface area contributed by atoms with Gasteiger partial charge >= 0.3 is 0 Å². The SMILES string of the molecule is CC(C)(C)c1csc2nc(/C=C/c3cccnc3)c(Cl)c(=O)n12. The number of rotatable bonds is 2. The minimum atomic E-state index is -0.228. The van der Waals surface area contributed by atoms with Gasteiger partial charge in [0.2, 0.25) is 0 Å². The zero-order chi connectivity index (χ0) is 16.6. The van der Waals surface area contributed by atoms with Crippen molar-refractivity contribution in [1.29, 1.82) is 0 Å². The zero-order valence-electron chi connectivity index (χ0n) is 13.1. The van der Waals surface area contributed by atoms with E-state index in [4.69, 9.17) is 11.6 Å². The monoisotopic (exact) mass is 345 g/mol. The van der Waals surface area contributed by atoms with Crippen molar-refractivity contribution in [3.05, 3.63) is 62.2 Å². The highest BCUT2D eigenvalue weighted by Gasteiger charge is 2.22. The first-order chi connectivity index (χ1) is 10.9. The number of fused-ring (bicyclic) bond motifs is 1. The van der Waals surface area contributed by atoms with E-state index in [1.54, 1.807) is 22.9 Å². The topological polar surface area (TPSA) is 47.3 Å². The molecule has 0 radical (unpaired) electrons. The van der Waals surface area contributed by atoms with E-state index in [0.717, 1.165) is 11.3 Å². The van der Waals surface area contributed by atoms with E-state index in [2.05, 4.69) is 30.7 Å². The van der Waals surface area contributed by atoms with Crippen molar-refractivity contribution in [2.24, 2.45) is 0 Å². The summed E-state index contributed by atoms with van der Waals surface area (Å²) >= 11 is 7.71. The van der Waals surface area contributed by atoms with Crippen LogP contribution in [0.1, 0.15) is 37.7 Å². The molecule has 6 heteroatoms. The van der Waals surface area contributed by atoms with Crippen molar-refractivity contribution in [3.63, 3.8) is 0 Å². The predicted octanol–water partition coefficient (Wildman–Crippen LogP) is 4.27. The number of hydrogen-bond acceptors (Lipinski definition) is 4. The number of nitrogens with zero attached hydrogens (tertiary/aromatic N) is 3. The van der Waals surface area contributed by atoms with Crippen LogP contribution >= 0.6 is 22.9 Å². The van der Waals surface area contributed by atoms with Gasteiger partial charge in [-0.05, 0) is 17.7 Å². The van der Waals surface area contributed by atoms with E-state index < -0.39 is 0 Å². The Bertz CT molecular complexity index is 936. The molecule has 4 nitrogen and oxygen atoms in total. The first-order valence-electron chi connectivity index (χ1n) is 7.16. The lowest BCUT2D eigenvalue weighted by Crippen LogP contribution is -2.23. The summed E-state index contributed by atoms with van der Waals surface area (Å²) in [6, 6.07) is 3.77. The molecule has 0 fully saturated rings. The maximum absolute atomic E-state index is 12.6. The average Bonchev–Trinajstić information content (AvgIpc) is 2.94. The Kier molecular flexibility index (Phi) is 4.08. The van der Waals surface area contributed by atoms with Crippen LogP contribution in [-0.2, 0) is 5.41 Å². The summed E-state index contributed by atoms with van der Waals surface area (Å²) in [6.07, 6.45) is 7.03. The van der Waals surface area contributed by atoms with Crippen molar-refractivity contribution in [3.8, 4) is 0 Å². The fourth-order valence-corrected chi connectivity index (χ4v) is 3.53. The lowest BCUT2D eigenvalue weighted by Gasteiger charge is -2.17. The highest BCUT2D eigenvalue weighted by molar-refractivity contribution is 7.15. The van der Waals surface area contributed by atoms with Gasteiger partial charge in [0.1, 0.15) is 5.02 Å². The van der Waals surface area contributed by atoms with Crippen LogP contribution in [0.15, 0.2) is 34.7 Å². The van der Waals surface area contributed by atoms with E-state index in [-0.39, 0.29) is 16.0 Å². The second-order valence-corrected chi connectivity index (χ2v) is 7.44. The highest BCUT2D eigenvalue weighted by Crippen LogP contribution is 2.27. The Morgan fingerprint density at radius 3 is 2.74 bits per heavy atom. The number of halogens is 1. The summed E-state index contributed by atoms with van der Waals surface area (Å²) in [6.45, 7) is 6.18. The maximum atomic E-state index is 12.6. The van der Waals surface area contributed by atoms with Crippen LogP contribution < -0.4 is 5.56 Å². The van der Waals surface area contributed by atoms with E-state index in [9.17, 15) is 4.79 Å². The Morgan fingerprint density at radius 1 is 1.30 bits per heavy atom. The lowest BCUT2D eigenvalue weighted by atomic mass is 9.93. The maximum Gasteiger partial charge on any atom is 0.278 e. The first-order valence-corrected chi connectivity index (χ1v) is 8.42. The summed E-state index contributed by atoms with van der Waals surface area (Å²) in [5.41, 5.74) is 1.93. The third-order valence-corrected chi connectivity index (χ3v) is 4.61. The van der Waals surface area contributed by atoms with Crippen LogP contribution in [0.4, 0.5) is 0 Å². The molecule has 3 aromatic heterocycles. The minimum Gasteiger partial charge on any atom is -0.267 e. The van der Waals surface area contributed by atoms with Gasteiger partial charge in [0.25, 0.3) is 5.56 Å². The van der Waals surface area contributed by atoms with Crippen molar-refractivity contribution >= 4 is 40.1 Å². The average molecular weight is 346 g/mol. The molecule has 0 atom stereocenters. The molecular weight excluding hydrogens is 330 g/mol. The van der Waals surface area contributed by atoms with E-state index in [0.29, 0.717) is 10.7 Å². The summed E-state index contributed by atoms with van der Waals surface area (Å²) in [7, 11) is 0. The first kappa shape index (κ1) is 15.9. The van der Waals surface area contributed by atoms with Gasteiger partial charge < -0.3 is 0 Å². The largest absolute Gasteiger partial charge is 0.278 e. The van der Waals surface area contributed by atoms with Gasteiger partial charge in [-0.15, -0.1) is 11.3 Å². The van der Waals surface area contributed by atoms with Crippen molar-refractivity contribution < 1.29 is 0 Å². The molecule has 0 aliphatic rings. The third kappa shape index (κ3) is 3.07. The highest BCUT2D eigenvalue weighted by atomic mass is 35.5. The Morgan fingerprint density at radius 2 is 2.09 bits per heavy atom. The van der Waals surface area contributed by atoms with Crippen LogP contribution in [0.2, 0.25) is 5.02 Å². The molecule has 0 aromatic carbocycles. The van der Waals surface area contributed by atoms with Crippen LogP contribution in [0.5, 0.6) is 0 Å². The minimum absolute atomic E-state index is 0.131. The van der Waals surface area contributed by atoms with E-state index >= 15 is 0 Å². The molecular formula is C17H16ClN3OS. The normalized spacial score (nSPS) is 12.3. The fraction of sp³-hybridized carbons (Fsp3) is 0.235. The van der Waals surface area contributed by atoms with Gasteiger partial charge in [-0.25, -0.2) is 4.98 Å². The molecule has 0 aliphatic carbocycles.